The Labute approximate surface area is 167 Å². The molecule has 0 fully saturated rings. The number of hydrogen-bond acceptors (Lipinski definition) is 5. The van der Waals surface area contributed by atoms with Crippen molar-refractivity contribution in [3.63, 3.8) is 0 Å². The maximum absolute atomic E-state index is 14.6. The first-order chi connectivity index (χ1) is 14.0. The lowest BCUT2D eigenvalue weighted by Gasteiger charge is -2.15. The zero-order valence-corrected chi connectivity index (χ0v) is 15.8. The van der Waals surface area contributed by atoms with Crippen LogP contribution < -0.4 is 16.0 Å². The SMILES string of the molecule is COc1cc2c(-c3cc(F)c(Cl)c4[nH]ncc34)c(N)c(=O)[nH]c2c2cccnc12. The molecule has 0 saturated heterocycles. The number of anilines is 1. The number of benzene rings is 2. The van der Waals surface area contributed by atoms with Crippen LogP contribution in [0, 0.1) is 5.82 Å². The van der Waals surface area contributed by atoms with Gasteiger partial charge in [0.2, 0.25) is 0 Å². The highest BCUT2D eigenvalue weighted by molar-refractivity contribution is 6.36. The third-order valence-electron chi connectivity index (χ3n) is 5.00. The maximum Gasteiger partial charge on any atom is 0.272 e. The fourth-order valence-electron chi connectivity index (χ4n) is 3.69. The molecule has 0 bridgehead atoms. The van der Waals surface area contributed by atoms with E-state index in [1.165, 1.54) is 19.4 Å². The van der Waals surface area contributed by atoms with E-state index in [1.54, 1.807) is 18.3 Å². The van der Waals surface area contributed by atoms with Crippen molar-refractivity contribution in [3.8, 4) is 16.9 Å². The molecule has 0 spiro atoms. The molecule has 0 aliphatic rings. The summed E-state index contributed by atoms with van der Waals surface area (Å²) in [7, 11) is 1.53. The molecule has 0 amide bonds. The van der Waals surface area contributed by atoms with Gasteiger partial charge in [0, 0.05) is 27.9 Å². The Hall–Kier alpha value is -3.65. The highest BCUT2D eigenvalue weighted by Gasteiger charge is 2.21. The molecule has 2 aromatic carbocycles. The van der Waals surface area contributed by atoms with Gasteiger partial charge in [-0.2, -0.15) is 5.10 Å². The highest BCUT2D eigenvalue weighted by atomic mass is 35.5. The van der Waals surface area contributed by atoms with Crippen molar-refractivity contribution in [2.24, 2.45) is 0 Å². The molecule has 0 radical (unpaired) electrons. The Morgan fingerprint density at radius 1 is 1.21 bits per heavy atom. The summed E-state index contributed by atoms with van der Waals surface area (Å²) in [5.74, 6) is -0.153. The minimum Gasteiger partial charge on any atom is -0.494 e. The summed E-state index contributed by atoms with van der Waals surface area (Å²) < 4.78 is 20.1. The average molecular weight is 410 g/mol. The molecule has 5 rings (SSSR count). The summed E-state index contributed by atoms with van der Waals surface area (Å²) in [6.45, 7) is 0. The van der Waals surface area contributed by atoms with Crippen LogP contribution in [-0.4, -0.2) is 27.3 Å². The van der Waals surface area contributed by atoms with Crippen molar-refractivity contribution in [1.82, 2.24) is 20.2 Å². The number of pyridine rings is 2. The largest absolute Gasteiger partial charge is 0.494 e. The zero-order valence-electron chi connectivity index (χ0n) is 15.0. The summed E-state index contributed by atoms with van der Waals surface area (Å²) in [6.07, 6.45) is 3.15. The highest BCUT2D eigenvalue weighted by Crippen LogP contribution is 2.41. The number of aromatic nitrogens is 4. The van der Waals surface area contributed by atoms with Crippen LogP contribution >= 0.6 is 11.6 Å². The van der Waals surface area contributed by atoms with Crippen LogP contribution in [0.15, 0.2) is 41.5 Å². The second kappa shape index (κ2) is 6.18. The van der Waals surface area contributed by atoms with E-state index < -0.39 is 11.4 Å². The molecule has 0 unspecified atom stereocenters. The zero-order chi connectivity index (χ0) is 20.3. The monoisotopic (exact) mass is 409 g/mol. The van der Waals surface area contributed by atoms with Crippen molar-refractivity contribution < 1.29 is 9.13 Å². The van der Waals surface area contributed by atoms with Gasteiger partial charge in [-0.25, -0.2) is 4.39 Å². The van der Waals surface area contributed by atoms with Gasteiger partial charge in [-0.1, -0.05) is 11.6 Å². The molecule has 9 heteroatoms. The molecule has 0 atom stereocenters. The Morgan fingerprint density at radius 2 is 2.03 bits per heavy atom. The van der Waals surface area contributed by atoms with E-state index in [4.69, 9.17) is 22.1 Å². The number of halogens is 2. The van der Waals surface area contributed by atoms with Crippen LogP contribution in [0.1, 0.15) is 0 Å². The molecule has 0 aliphatic heterocycles. The normalized spacial score (nSPS) is 11.6. The lowest BCUT2D eigenvalue weighted by atomic mass is 9.95. The van der Waals surface area contributed by atoms with Gasteiger partial charge in [-0.05, 0) is 29.8 Å². The number of ether oxygens (including phenoxy) is 1. The van der Waals surface area contributed by atoms with E-state index in [2.05, 4.69) is 20.2 Å². The summed E-state index contributed by atoms with van der Waals surface area (Å²) in [4.78, 5) is 19.8. The second-order valence-electron chi connectivity index (χ2n) is 6.52. The molecular weight excluding hydrogens is 397 g/mol. The summed E-state index contributed by atoms with van der Waals surface area (Å²) in [5, 5.41) is 8.38. The van der Waals surface area contributed by atoms with Crippen molar-refractivity contribution in [1.29, 1.82) is 0 Å². The van der Waals surface area contributed by atoms with Gasteiger partial charge in [0.05, 0.1) is 24.3 Å². The predicted octanol–water partition coefficient (Wildman–Crippen LogP) is 4.00. The van der Waals surface area contributed by atoms with Crippen LogP contribution in [0.3, 0.4) is 0 Å². The van der Waals surface area contributed by atoms with E-state index >= 15 is 0 Å². The number of nitrogens with one attached hydrogen (secondary N) is 2. The minimum atomic E-state index is -0.652. The van der Waals surface area contributed by atoms with Crippen molar-refractivity contribution >= 4 is 50.0 Å². The number of nitrogen functional groups attached to an aromatic ring is 1. The Balaban J connectivity index is 2.04. The fourth-order valence-corrected chi connectivity index (χ4v) is 3.89. The fraction of sp³-hybridized carbons (Fsp3) is 0.0500. The summed E-state index contributed by atoms with van der Waals surface area (Å²) in [6, 6.07) is 6.56. The number of aromatic amines is 2. The molecule has 0 saturated carbocycles. The number of methoxy groups -OCH3 is 1. The quantitative estimate of drug-likeness (QED) is 0.382. The molecule has 7 nitrogen and oxygen atoms in total. The molecule has 29 heavy (non-hydrogen) atoms. The lowest BCUT2D eigenvalue weighted by molar-refractivity contribution is 0.419. The number of hydrogen-bond donors (Lipinski definition) is 3. The molecule has 4 N–H and O–H groups in total. The lowest BCUT2D eigenvalue weighted by Crippen LogP contribution is -2.14. The first-order valence-electron chi connectivity index (χ1n) is 8.60. The molecule has 0 aliphatic carbocycles. The number of fused-ring (bicyclic) bond motifs is 4. The third-order valence-corrected chi connectivity index (χ3v) is 5.37. The molecule has 144 valence electrons. The van der Waals surface area contributed by atoms with E-state index in [-0.39, 0.29) is 10.7 Å². The van der Waals surface area contributed by atoms with Crippen molar-refractivity contribution in [2.75, 3.05) is 12.8 Å². The minimum absolute atomic E-state index is 0.0491. The Morgan fingerprint density at radius 3 is 2.83 bits per heavy atom. The van der Waals surface area contributed by atoms with Gasteiger partial charge < -0.3 is 15.5 Å². The number of rotatable bonds is 2. The van der Waals surface area contributed by atoms with Crippen LogP contribution in [0.4, 0.5) is 10.1 Å². The van der Waals surface area contributed by atoms with Gasteiger partial charge in [0.25, 0.3) is 5.56 Å². The van der Waals surface area contributed by atoms with E-state index in [9.17, 15) is 9.18 Å². The Kier molecular flexibility index (Phi) is 3.72. The summed E-state index contributed by atoms with van der Waals surface area (Å²) in [5.41, 5.74) is 7.84. The van der Waals surface area contributed by atoms with E-state index in [1.807, 2.05) is 6.07 Å². The Bertz CT molecular complexity index is 1510. The number of nitrogens with zero attached hydrogens (tertiary/aromatic N) is 2. The van der Waals surface area contributed by atoms with Gasteiger partial charge in [0.15, 0.2) is 0 Å². The van der Waals surface area contributed by atoms with Crippen LogP contribution in [0.25, 0.3) is 43.8 Å². The van der Waals surface area contributed by atoms with Crippen molar-refractivity contribution in [2.45, 2.75) is 0 Å². The maximum atomic E-state index is 14.6. The first-order valence-corrected chi connectivity index (χ1v) is 8.97. The smallest absolute Gasteiger partial charge is 0.272 e. The topological polar surface area (TPSA) is 110 Å². The average Bonchev–Trinajstić information content (AvgIpc) is 3.22. The van der Waals surface area contributed by atoms with Crippen LogP contribution in [0.2, 0.25) is 5.02 Å². The van der Waals surface area contributed by atoms with E-state index in [0.29, 0.717) is 49.6 Å². The van der Waals surface area contributed by atoms with Crippen LogP contribution in [0.5, 0.6) is 5.75 Å². The predicted molar refractivity (Wildman–Crippen MR) is 111 cm³/mol. The first kappa shape index (κ1) is 17.4. The summed E-state index contributed by atoms with van der Waals surface area (Å²) >= 11 is 6.07. The number of H-pyrrole nitrogens is 2. The third kappa shape index (κ3) is 2.39. The van der Waals surface area contributed by atoms with Crippen molar-refractivity contribution in [3.05, 3.63) is 57.9 Å². The van der Waals surface area contributed by atoms with Gasteiger partial charge in [-0.15, -0.1) is 0 Å². The van der Waals surface area contributed by atoms with Gasteiger partial charge in [0.1, 0.15) is 27.8 Å². The second-order valence-corrected chi connectivity index (χ2v) is 6.90. The number of nitrogens with two attached hydrogens (primary N) is 1. The standard InChI is InChI=1S/C20H13ClFN5O2/c1-29-13-6-10-14(9-5-12(22)15(21)19-11(9)7-25-27-19)16(23)20(28)26-17(10)8-3-2-4-24-18(8)13/h2-7H,23H2,1H3,(H,25,27)(H,26,28). The molecule has 5 aromatic rings. The molecule has 3 heterocycles. The van der Waals surface area contributed by atoms with Gasteiger partial charge in [-0.3, -0.25) is 14.9 Å². The van der Waals surface area contributed by atoms with Crippen LogP contribution in [-0.2, 0) is 0 Å². The van der Waals surface area contributed by atoms with Gasteiger partial charge >= 0.3 is 0 Å². The molecular formula is C20H13ClFN5O2. The molecule has 3 aromatic heterocycles. The van der Waals surface area contributed by atoms with E-state index in [0.717, 1.165) is 0 Å².